The molecule has 0 spiro atoms. The molecule has 0 unspecified atom stereocenters. The molecule has 3 N–H and O–H groups in total. The summed E-state index contributed by atoms with van der Waals surface area (Å²) < 4.78 is 0.711. The number of carboxylic acid groups (broad SMARTS) is 1. The lowest BCUT2D eigenvalue weighted by Gasteiger charge is -2.04. The molecule has 0 aliphatic carbocycles. The topological polar surface area (TPSA) is 102 Å². The molecule has 0 aliphatic rings. The van der Waals surface area contributed by atoms with Crippen LogP contribution in [-0.4, -0.2) is 26.0 Å². The molecule has 0 saturated carbocycles. The van der Waals surface area contributed by atoms with Gasteiger partial charge in [-0.1, -0.05) is 0 Å². The quantitative estimate of drug-likeness (QED) is 0.872. The molecule has 0 saturated heterocycles. The maximum Gasteiger partial charge on any atom is 0.341 e. The highest BCUT2D eigenvalue weighted by atomic mass is 79.9. The van der Waals surface area contributed by atoms with E-state index in [0.717, 1.165) is 0 Å². The molecule has 2 aromatic rings. The predicted molar refractivity (Wildman–Crippen MR) is 64.3 cm³/mol. The van der Waals surface area contributed by atoms with Crippen LogP contribution >= 0.6 is 15.9 Å². The number of pyridine rings is 1. The Morgan fingerprint density at radius 3 is 2.76 bits per heavy atom. The van der Waals surface area contributed by atoms with E-state index < -0.39 is 5.97 Å². The Labute approximate surface area is 105 Å². The summed E-state index contributed by atoms with van der Waals surface area (Å²) in [5, 5.41) is 8.80. The van der Waals surface area contributed by atoms with Gasteiger partial charge in [0.1, 0.15) is 17.1 Å². The summed E-state index contributed by atoms with van der Waals surface area (Å²) in [6.45, 7) is 0. The van der Waals surface area contributed by atoms with Crippen molar-refractivity contribution in [2.24, 2.45) is 0 Å². The Morgan fingerprint density at radius 2 is 2.18 bits per heavy atom. The summed E-state index contributed by atoms with van der Waals surface area (Å²) >= 11 is 3.31. The van der Waals surface area contributed by atoms with Gasteiger partial charge >= 0.3 is 5.97 Å². The number of nitrogen functional groups attached to an aromatic ring is 1. The zero-order valence-electron chi connectivity index (χ0n) is 8.46. The Kier molecular flexibility index (Phi) is 3.01. The van der Waals surface area contributed by atoms with E-state index in [1.165, 1.54) is 6.20 Å². The van der Waals surface area contributed by atoms with E-state index in [9.17, 15) is 4.79 Å². The van der Waals surface area contributed by atoms with Gasteiger partial charge in [-0.15, -0.1) is 0 Å². The molecule has 2 heterocycles. The fourth-order valence-electron chi connectivity index (χ4n) is 1.22. The monoisotopic (exact) mass is 294 g/mol. The van der Waals surface area contributed by atoms with Crippen LogP contribution in [0.3, 0.4) is 0 Å². The fraction of sp³-hybridized carbons (Fsp3) is 0. The lowest BCUT2D eigenvalue weighted by Crippen LogP contribution is -2.07. The van der Waals surface area contributed by atoms with Crippen molar-refractivity contribution in [3.8, 4) is 11.5 Å². The minimum atomic E-state index is -1.16. The van der Waals surface area contributed by atoms with Crippen LogP contribution in [0.15, 0.2) is 29.0 Å². The number of anilines is 1. The molecule has 86 valence electrons. The number of hydrogen-bond donors (Lipinski definition) is 2. The fourth-order valence-corrected chi connectivity index (χ4v) is 1.66. The van der Waals surface area contributed by atoms with Crippen molar-refractivity contribution in [1.29, 1.82) is 0 Å². The van der Waals surface area contributed by atoms with Crippen LogP contribution in [0, 0.1) is 0 Å². The van der Waals surface area contributed by atoms with Gasteiger partial charge in [-0.3, -0.25) is 4.98 Å². The van der Waals surface area contributed by atoms with Crippen molar-refractivity contribution < 1.29 is 9.90 Å². The second-order valence-corrected chi connectivity index (χ2v) is 3.99. The molecule has 0 fully saturated rings. The Bertz CT molecular complexity index is 588. The third kappa shape index (κ3) is 2.23. The van der Waals surface area contributed by atoms with E-state index in [1.54, 1.807) is 18.3 Å². The number of carboxylic acids is 1. The summed E-state index contributed by atoms with van der Waals surface area (Å²) in [5.41, 5.74) is 5.92. The van der Waals surface area contributed by atoms with Crippen molar-refractivity contribution in [2.45, 2.75) is 0 Å². The van der Waals surface area contributed by atoms with Gasteiger partial charge in [0, 0.05) is 16.9 Å². The average Bonchev–Trinajstić information content (AvgIpc) is 2.29. The van der Waals surface area contributed by atoms with E-state index in [-0.39, 0.29) is 17.2 Å². The largest absolute Gasteiger partial charge is 0.477 e. The molecular formula is C10H7BrN4O2. The molecule has 7 heteroatoms. The number of nitrogens with two attached hydrogens (primary N) is 1. The minimum Gasteiger partial charge on any atom is -0.477 e. The van der Waals surface area contributed by atoms with E-state index >= 15 is 0 Å². The predicted octanol–water partition coefficient (Wildman–Crippen LogP) is 1.58. The first-order valence-electron chi connectivity index (χ1n) is 4.56. The number of hydrogen-bond acceptors (Lipinski definition) is 5. The molecule has 0 radical (unpaired) electrons. The normalized spacial score (nSPS) is 10.2. The molecule has 2 aromatic heterocycles. The van der Waals surface area contributed by atoms with Gasteiger partial charge in [0.2, 0.25) is 0 Å². The first-order chi connectivity index (χ1) is 8.09. The molecular weight excluding hydrogens is 288 g/mol. The van der Waals surface area contributed by atoms with Crippen LogP contribution in [0.5, 0.6) is 0 Å². The second kappa shape index (κ2) is 4.46. The molecule has 17 heavy (non-hydrogen) atoms. The number of halogens is 1. The van der Waals surface area contributed by atoms with Crippen LogP contribution in [-0.2, 0) is 0 Å². The lowest BCUT2D eigenvalue weighted by atomic mass is 10.3. The standard InChI is InChI=1S/C10H7BrN4O2/c11-6-2-1-3-13-7(6)9-14-4-5(10(16)17)8(12)15-9/h1-4H,(H,16,17)(H2,12,14,15). The first kappa shape index (κ1) is 11.5. The summed E-state index contributed by atoms with van der Waals surface area (Å²) in [5.74, 6) is -0.964. The van der Waals surface area contributed by atoms with Gasteiger partial charge < -0.3 is 10.8 Å². The number of aromatic carboxylic acids is 1. The molecule has 0 aromatic carbocycles. The SMILES string of the molecule is Nc1nc(-c2ncccc2Br)ncc1C(=O)O. The van der Waals surface area contributed by atoms with Crippen LogP contribution in [0.2, 0.25) is 0 Å². The maximum absolute atomic E-state index is 10.8. The Balaban J connectivity index is 2.52. The van der Waals surface area contributed by atoms with Crippen molar-refractivity contribution in [3.05, 3.63) is 34.6 Å². The smallest absolute Gasteiger partial charge is 0.341 e. The summed E-state index contributed by atoms with van der Waals surface area (Å²) in [4.78, 5) is 22.7. The molecule has 6 nitrogen and oxygen atoms in total. The Morgan fingerprint density at radius 1 is 1.41 bits per heavy atom. The van der Waals surface area contributed by atoms with E-state index in [0.29, 0.717) is 10.2 Å². The zero-order chi connectivity index (χ0) is 12.4. The summed E-state index contributed by atoms with van der Waals surface area (Å²) in [7, 11) is 0. The highest BCUT2D eigenvalue weighted by Crippen LogP contribution is 2.23. The van der Waals surface area contributed by atoms with Gasteiger partial charge in [0.05, 0.1) is 0 Å². The second-order valence-electron chi connectivity index (χ2n) is 3.13. The number of rotatable bonds is 2. The zero-order valence-corrected chi connectivity index (χ0v) is 10.0. The molecule has 0 aliphatic heterocycles. The molecule has 0 amide bonds. The summed E-state index contributed by atoms with van der Waals surface area (Å²) in [6, 6.07) is 3.54. The van der Waals surface area contributed by atoms with Crippen molar-refractivity contribution in [3.63, 3.8) is 0 Å². The average molecular weight is 295 g/mol. The third-order valence-corrected chi connectivity index (χ3v) is 2.66. The van der Waals surface area contributed by atoms with Gasteiger partial charge in [0.25, 0.3) is 0 Å². The van der Waals surface area contributed by atoms with Crippen molar-refractivity contribution in [1.82, 2.24) is 15.0 Å². The highest BCUT2D eigenvalue weighted by molar-refractivity contribution is 9.10. The van der Waals surface area contributed by atoms with E-state index in [1.807, 2.05) is 0 Å². The summed E-state index contributed by atoms with van der Waals surface area (Å²) in [6.07, 6.45) is 2.76. The van der Waals surface area contributed by atoms with Gasteiger partial charge in [-0.2, -0.15) is 0 Å². The van der Waals surface area contributed by atoms with Crippen LogP contribution in [0.4, 0.5) is 5.82 Å². The Hall–Kier alpha value is -2.02. The van der Waals surface area contributed by atoms with Crippen molar-refractivity contribution in [2.75, 3.05) is 5.73 Å². The van der Waals surface area contributed by atoms with Crippen LogP contribution in [0.1, 0.15) is 10.4 Å². The molecule has 0 bridgehead atoms. The number of aromatic nitrogens is 3. The maximum atomic E-state index is 10.8. The first-order valence-corrected chi connectivity index (χ1v) is 5.35. The van der Waals surface area contributed by atoms with Gasteiger partial charge in [-0.05, 0) is 28.1 Å². The van der Waals surface area contributed by atoms with Crippen LogP contribution in [0.25, 0.3) is 11.5 Å². The minimum absolute atomic E-state index is 0.0833. The lowest BCUT2D eigenvalue weighted by molar-refractivity contribution is 0.0697. The number of carbonyl (C=O) groups is 1. The van der Waals surface area contributed by atoms with E-state index in [2.05, 4.69) is 30.9 Å². The highest BCUT2D eigenvalue weighted by Gasteiger charge is 2.13. The third-order valence-electron chi connectivity index (χ3n) is 2.02. The molecule has 0 atom stereocenters. The van der Waals surface area contributed by atoms with Crippen molar-refractivity contribution >= 4 is 27.7 Å². The molecule has 2 rings (SSSR count). The van der Waals surface area contributed by atoms with Gasteiger partial charge in [-0.25, -0.2) is 14.8 Å². The van der Waals surface area contributed by atoms with Gasteiger partial charge in [0.15, 0.2) is 5.82 Å². The number of nitrogens with zero attached hydrogens (tertiary/aromatic N) is 3. The van der Waals surface area contributed by atoms with Crippen LogP contribution < -0.4 is 5.73 Å². The van der Waals surface area contributed by atoms with E-state index in [4.69, 9.17) is 10.8 Å².